The van der Waals surface area contributed by atoms with Gasteiger partial charge in [-0.3, -0.25) is 4.79 Å². The molecule has 1 aliphatic heterocycles. The Labute approximate surface area is 119 Å². The molecule has 1 heterocycles. The van der Waals surface area contributed by atoms with Gasteiger partial charge in [0.25, 0.3) is 0 Å². The summed E-state index contributed by atoms with van der Waals surface area (Å²) in [6, 6.07) is 4.08. The highest BCUT2D eigenvalue weighted by atomic mass is 35.5. The van der Waals surface area contributed by atoms with Gasteiger partial charge >= 0.3 is 16.2 Å². The summed E-state index contributed by atoms with van der Waals surface area (Å²) in [4.78, 5) is 23.9. The highest BCUT2D eigenvalue weighted by Crippen LogP contribution is 2.32. The molecule has 0 spiro atoms. The van der Waals surface area contributed by atoms with Gasteiger partial charge in [0.1, 0.15) is 10.8 Å². The predicted molar refractivity (Wildman–Crippen MR) is 69.2 cm³/mol. The topological polar surface area (TPSA) is 91.8 Å². The van der Waals surface area contributed by atoms with Crippen molar-refractivity contribution in [2.24, 2.45) is 0 Å². The van der Waals surface area contributed by atoms with Crippen molar-refractivity contribution in [3.8, 4) is 0 Å². The molecule has 6 nitrogen and oxygen atoms in total. The van der Waals surface area contributed by atoms with Crippen LogP contribution in [0.2, 0.25) is 5.02 Å². The number of amides is 1. The molecule has 108 valence electrons. The minimum Gasteiger partial charge on any atom is -0.478 e. The smallest absolute Gasteiger partial charge is 0.339 e. The summed E-state index contributed by atoms with van der Waals surface area (Å²) in [5.41, 5.74) is -0.361. The average Bonchev–Trinajstić information content (AvgIpc) is 2.70. The fraction of sp³-hybridized carbons (Fsp3) is 0.273. The molecule has 1 atom stereocenters. The normalized spacial score (nSPS) is 19.4. The van der Waals surface area contributed by atoms with Gasteiger partial charge in [0, 0.05) is 13.0 Å². The standard InChI is InChI=1S/C11H9ClFNO5S/c12-7-2-1-3-8(10(7)11(16)17)14-5-6(4-9(14)15)20(13,18)19/h1-3,6H,4-5H2,(H,16,17). The Kier molecular flexibility index (Phi) is 3.70. The van der Waals surface area contributed by atoms with E-state index < -0.39 is 40.3 Å². The van der Waals surface area contributed by atoms with Crippen molar-refractivity contribution in [1.29, 1.82) is 0 Å². The van der Waals surface area contributed by atoms with Crippen LogP contribution >= 0.6 is 11.6 Å². The van der Waals surface area contributed by atoms with Crippen LogP contribution < -0.4 is 4.90 Å². The summed E-state index contributed by atoms with van der Waals surface area (Å²) in [6.07, 6.45) is -0.523. The largest absolute Gasteiger partial charge is 0.478 e. The van der Waals surface area contributed by atoms with E-state index in [0.717, 1.165) is 4.90 Å². The molecular formula is C11H9ClFNO5S. The molecule has 20 heavy (non-hydrogen) atoms. The van der Waals surface area contributed by atoms with Gasteiger partial charge in [-0.25, -0.2) is 4.79 Å². The molecular weight excluding hydrogens is 313 g/mol. The van der Waals surface area contributed by atoms with Crippen molar-refractivity contribution >= 4 is 39.4 Å². The molecule has 1 N–H and O–H groups in total. The minimum absolute atomic E-state index is 0.0406. The van der Waals surface area contributed by atoms with E-state index in [2.05, 4.69) is 0 Å². The molecule has 0 saturated carbocycles. The van der Waals surface area contributed by atoms with Crippen LogP contribution in [-0.4, -0.2) is 37.2 Å². The summed E-state index contributed by atoms with van der Waals surface area (Å²) >= 11 is 5.77. The number of halogens is 2. The van der Waals surface area contributed by atoms with E-state index >= 15 is 0 Å². The van der Waals surface area contributed by atoms with Gasteiger partial charge in [-0.15, -0.1) is 3.89 Å². The zero-order valence-electron chi connectivity index (χ0n) is 9.92. The van der Waals surface area contributed by atoms with Crippen molar-refractivity contribution in [3.63, 3.8) is 0 Å². The lowest BCUT2D eigenvalue weighted by Gasteiger charge is -2.19. The van der Waals surface area contributed by atoms with E-state index in [1.165, 1.54) is 18.2 Å². The van der Waals surface area contributed by atoms with Crippen LogP contribution in [0.3, 0.4) is 0 Å². The first-order valence-electron chi connectivity index (χ1n) is 5.47. The second kappa shape index (κ2) is 5.02. The molecule has 1 saturated heterocycles. The zero-order chi connectivity index (χ0) is 15.1. The summed E-state index contributed by atoms with van der Waals surface area (Å²) < 4.78 is 34.7. The summed E-state index contributed by atoms with van der Waals surface area (Å²) in [7, 11) is -4.86. The lowest BCUT2D eigenvalue weighted by Crippen LogP contribution is -2.28. The van der Waals surface area contributed by atoms with Gasteiger partial charge in [-0.1, -0.05) is 17.7 Å². The van der Waals surface area contributed by atoms with E-state index in [1.54, 1.807) is 0 Å². The Morgan fingerprint density at radius 3 is 2.60 bits per heavy atom. The number of carboxylic acid groups (broad SMARTS) is 1. The Bertz CT molecular complexity index is 690. The molecule has 1 fully saturated rings. The SMILES string of the molecule is O=C(O)c1c(Cl)cccc1N1CC(S(=O)(=O)F)CC1=O. The third-order valence-corrected chi connectivity index (χ3v) is 4.41. The fourth-order valence-electron chi connectivity index (χ4n) is 2.05. The predicted octanol–water partition coefficient (Wildman–Crippen LogP) is 1.44. The first-order valence-corrected chi connectivity index (χ1v) is 7.30. The summed E-state index contributed by atoms with van der Waals surface area (Å²) in [6.45, 7) is -0.432. The van der Waals surface area contributed by atoms with Crippen molar-refractivity contribution in [1.82, 2.24) is 0 Å². The Morgan fingerprint density at radius 2 is 2.10 bits per heavy atom. The molecule has 1 aromatic carbocycles. The van der Waals surface area contributed by atoms with Crippen molar-refractivity contribution in [2.45, 2.75) is 11.7 Å². The molecule has 1 unspecified atom stereocenters. The average molecular weight is 322 g/mol. The molecule has 1 aromatic rings. The number of nitrogens with zero attached hydrogens (tertiary/aromatic N) is 1. The van der Waals surface area contributed by atoms with E-state index in [-0.39, 0.29) is 16.3 Å². The van der Waals surface area contributed by atoms with Gasteiger partial charge < -0.3 is 10.0 Å². The number of carbonyl (C=O) groups excluding carboxylic acids is 1. The first kappa shape index (κ1) is 14.7. The second-order valence-corrected chi connectivity index (χ2v) is 6.27. The van der Waals surface area contributed by atoms with Gasteiger partial charge in [0.15, 0.2) is 0 Å². The molecule has 1 amide bonds. The number of aromatic carboxylic acids is 1. The van der Waals surface area contributed by atoms with Gasteiger partial charge in [0.05, 0.1) is 10.7 Å². The number of carboxylic acids is 1. The van der Waals surface area contributed by atoms with Crippen molar-refractivity contribution in [2.75, 3.05) is 11.4 Å². The molecule has 0 aromatic heterocycles. The number of hydrogen-bond donors (Lipinski definition) is 1. The molecule has 1 aliphatic rings. The molecule has 0 radical (unpaired) electrons. The lowest BCUT2D eigenvalue weighted by atomic mass is 10.1. The van der Waals surface area contributed by atoms with Crippen LogP contribution in [0.15, 0.2) is 18.2 Å². The highest BCUT2D eigenvalue weighted by Gasteiger charge is 2.40. The Balaban J connectivity index is 2.46. The summed E-state index contributed by atoms with van der Waals surface area (Å²) in [5.74, 6) is -2.02. The van der Waals surface area contributed by atoms with Crippen LogP contribution in [-0.2, 0) is 15.0 Å². The monoisotopic (exact) mass is 321 g/mol. The van der Waals surface area contributed by atoms with Crippen LogP contribution in [0.4, 0.5) is 9.57 Å². The summed E-state index contributed by atoms with van der Waals surface area (Å²) in [5, 5.41) is 7.53. The van der Waals surface area contributed by atoms with Crippen molar-refractivity contribution in [3.05, 3.63) is 28.8 Å². The van der Waals surface area contributed by atoms with Crippen LogP contribution in [0.5, 0.6) is 0 Å². The maximum atomic E-state index is 12.9. The maximum absolute atomic E-state index is 12.9. The lowest BCUT2D eigenvalue weighted by molar-refractivity contribution is -0.117. The molecule has 0 bridgehead atoms. The number of anilines is 1. The second-order valence-electron chi connectivity index (χ2n) is 4.25. The molecule has 0 aliphatic carbocycles. The van der Waals surface area contributed by atoms with Crippen LogP contribution in [0.25, 0.3) is 0 Å². The Morgan fingerprint density at radius 1 is 1.45 bits per heavy atom. The van der Waals surface area contributed by atoms with E-state index in [0.29, 0.717) is 0 Å². The highest BCUT2D eigenvalue weighted by molar-refractivity contribution is 7.87. The third-order valence-electron chi connectivity index (χ3n) is 2.98. The quantitative estimate of drug-likeness (QED) is 0.851. The van der Waals surface area contributed by atoms with Crippen LogP contribution in [0, 0.1) is 0 Å². The molecule has 9 heteroatoms. The van der Waals surface area contributed by atoms with Crippen molar-refractivity contribution < 1.29 is 27.0 Å². The van der Waals surface area contributed by atoms with E-state index in [4.69, 9.17) is 16.7 Å². The Hall–Kier alpha value is -1.67. The first-order chi connectivity index (χ1) is 9.21. The zero-order valence-corrected chi connectivity index (χ0v) is 11.5. The number of rotatable bonds is 3. The van der Waals surface area contributed by atoms with E-state index in [1.807, 2.05) is 0 Å². The number of benzene rings is 1. The van der Waals surface area contributed by atoms with E-state index in [9.17, 15) is 21.9 Å². The minimum atomic E-state index is -4.86. The maximum Gasteiger partial charge on any atom is 0.339 e. The van der Waals surface area contributed by atoms with Gasteiger partial charge in [-0.2, -0.15) is 8.42 Å². The van der Waals surface area contributed by atoms with Gasteiger partial charge in [-0.05, 0) is 12.1 Å². The number of carbonyl (C=O) groups is 2. The molecule has 2 rings (SSSR count). The van der Waals surface area contributed by atoms with Gasteiger partial charge in [0.2, 0.25) is 5.91 Å². The fourth-order valence-corrected chi connectivity index (χ4v) is 2.96. The van der Waals surface area contributed by atoms with Crippen LogP contribution in [0.1, 0.15) is 16.8 Å². The number of hydrogen-bond acceptors (Lipinski definition) is 4. The third kappa shape index (κ3) is 2.61.